The number of hydrogen-bond acceptors (Lipinski definition) is 4. The van der Waals surface area contributed by atoms with Crippen molar-refractivity contribution < 1.29 is 14.4 Å². The molecule has 1 aromatic rings. The topological polar surface area (TPSA) is 85.0 Å². The summed E-state index contributed by atoms with van der Waals surface area (Å²) in [5, 5.41) is 6.16. The second-order valence-electron chi connectivity index (χ2n) is 11.0. The highest BCUT2D eigenvalue weighted by Crippen LogP contribution is 2.39. The van der Waals surface area contributed by atoms with Crippen molar-refractivity contribution in [1.29, 1.82) is 0 Å². The second kappa shape index (κ2) is 9.84. The third-order valence-electron chi connectivity index (χ3n) is 7.25. The van der Waals surface area contributed by atoms with Crippen LogP contribution >= 0.6 is 0 Å². The van der Waals surface area contributed by atoms with Gasteiger partial charge in [-0.1, -0.05) is 37.5 Å². The van der Waals surface area contributed by atoms with Crippen molar-refractivity contribution >= 4 is 23.5 Å². The largest absolute Gasteiger partial charge is 0.352 e. The van der Waals surface area contributed by atoms with E-state index in [0.29, 0.717) is 32.6 Å². The predicted octanol–water partition coefficient (Wildman–Crippen LogP) is 3.08. The van der Waals surface area contributed by atoms with Crippen LogP contribution in [0.15, 0.2) is 30.3 Å². The molecule has 34 heavy (non-hydrogen) atoms. The van der Waals surface area contributed by atoms with Crippen LogP contribution < -0.4 is 15.5 Å². The van der Waals surface area contributed by atoms with E-state index in [4.69, 9.17) is 0 Å². The Kier molecular flexibility index (Phi) is 7.05. The fraction of sp³-hybridized carbons (Fsp3) is 0.654. The van der Waals surface area contributed by atoms with Crippen LogP contribution in [-0.4, -0.2) is 71.1 Å². The van der Waals surface area contributed by atoms with Gasteiger partial charge in [0.1, 0.15) is 12.1 Å². The molecular weight excluding hydrogens is 430 g/mol. The monoisotopic (exact) mass is 469 g/mol. The second-order valence-corrected chi connectivity index (χ2v) is 11.0. The molecule has 4 rings (SSSR count). The van der Waals surface area contributed by atoms with Crippen LogP contribution in [-0.2, 0) is 9.59 Å². The maximum Gasteiger partial charge on any atom is 0.317 e. The number of carbonyl (C=O) groups is 3. The van der Waals surface area contributed by atoms with Crippen molar-refractivity contribution in [2.24, 2.45) is 0 Å². The minimum absolute atomic E-state index is 0.00831. The van der Waals surface area contributed by atoms with Gasteiger partial charge in [-0.2, -0.15) is 0 Å². The van der Waals surface area contributed by atoms with Gasteiger partial charge in [-0.05, 0) is 58.6 Å². The van der Waals surface area contributed by atoms with E-state index in [1.54, 1.807) is 9.80 Å². The fourth-order valence-corrected chi connectivity index (χ4v) is 5.50. The normalized spacial score (nSPS) is 21.1. The van der Waals surface area contributed by atoms with Gasteiger partial charge >= 0.3 is 6.03 Å². The van der Waals surface area contributed by atoms with Crippen molar-refractivity contribution in [2.75, 3.05) is 31.2 Å². The summed E-state index contributed by atoms with van der Waals surface area (Å²) in [6.45, 7) is 7.35. The molecule has 1 aromatic carbocycles. The van der Waals surface area contributed by atoms with E-state index in [1.807, 2.05) is 51.1 Å². The number of amides is 4. The summed E-state index contributed by atoms with van der Waals surface area (Å²) < 4.78 is 0. The Morgan fingerprint density at radius 2 is 1.68 bits per heavy atom. The first-order chi connectivity index (χ1) is 16.2. The minimum Gasteiger partial charge on any atom is -0.352 e. The van der Waals surface area contributed by atoms with Crippen molar-refractivity contribution in [3.63, 3.8) is 0 Å². The molecule has 2 saturated heterocycles. The molecule has 0 unspecified atom stereocenters. The average Bonchev–Trinajstić information content (AvgIpc) is 3.05. The number of benzene rings is 1. The number of carbonyl (C=O) groups excluding carboxylic acids is 3. The van der Waals surface area contributed by atoms with Crippen LogP contribution in [0, 0.1) is 0 Å². The lowest BCUT2D eigenvalue weighted by Gasteiger charge is -2.43. The summed E-state index contributed by atoms with van der Waals surface area (Å²) >= 11 is 0. The molecule has 0 radical (unpaired) electrons. The number of piperidine rings is 1. The molecule has 0 atom stereocenters. The molecule has 0 aromatic heterocycles. The highest BCUT2D eigenvalue weighted by molar-refractivity contribution is 5.96. The van der Waals surface area contributed by atoms with Gasteiger partial charge in [0.05, 0.1) is 6.67 Å². The number of para-hydroxylation sites is 1. The van der Waals surface area contributed by atoms with Crippen LogP contribution in [0.2, 0.25) is 0 Å². The van der Waals surface area contributed by atoms with Gasteiger partial charge in [-0.15, -0.1) is 0 Å². The first-order valence-electron chi connectivity index (χ1n) is 12.7. The summed E-state index contributed by atoms with van der Waals surface area (Å²) in [4.78, 5) is 44.9. The molecule has 4 amide bonds. The van der Waals surface area contributed by atoms with Crippen LogP contribution in [0.3, 0.4) is 0 Å². The zero-order valence-electron chi connectivity index (χ0n) is 20.8. The van der Waals surface area contributed by atoms with Gasteiger partial charge in [0.15, 0.2) is 0 Å². The Hall–Kier alpha value is -2.77. The zero-order valence-corrected chi connectivity index (χ0v) is 20.8. The highest BCUT2D eigenvalue weighted by Gasteiger charge is 2.54. The van der Waals surface area contributed by atoms with Gasteiger partial charge in [0.2, 0.25) is 5.91 Å². The summed E-state index contributed by atoms with van der Waals surface area (Å²) in [5.74, 6) is -0.0849. The van der Waals surface area contributed by atoms with Crippen molar-refractivity contribution in [1.82, 2.24) is 20.4 Å². The molecule has 2 heterocycles. The molecule has 3 fully saturated rings. The molecule has 2 aliphatic heterocycles. The average molecular weight is 470 g/mol. The first kappa shape index (κ1) is 24.4. The van der Waals surface area contributed by atoms with Gasteiger partial charge in [-0.3, -0.25) is 9.59 Å². The van der Waals surface area contributed by atoms with Crippen molar-refractivity contribution in [3.8, 4) is 0 Å². The third kappa shape index (κ3) is 5.31. The SMILES string of the molecule is CC(C)(C)NC(=O)N1CCC2(CC1)C(=O)N(CC(=O)NC1CCCCC1)CN2c1ccccc1. The minimum atomic E-state index is -0.731. The number of nitrogens with zero attached hydrogens (tertiary/aromatic N) is 3. The van der Waals surface area contributed by atoms with E-state index in [0.717, 1.165) is 31.4 Å². The summed E-state index contributed by atoms with van der Waals surface area (Å²) in [7, 11) is 0. The number of hydrogen-bond donors (Lipinski definition) is 2. The van der Waals surface area contributed by atoms with Crippen LogP contribution in [0.25, 0.3) is 0 Å². The van der Waals surface area contributed by atoms with E-state index in [-0.39, 0.29) is 36.0 Å². The van der Waals surface area contributed by atoms with E-state index >= 15 is 0 Å². The van der Waals surface area contributed by atoms with Gasteiger partial charge < -0.3 is 25.3 Å². The molecule has 1 saturated carbocycles. The summed E-state index contributed by atoms with van der Waals surface area (Å²) in [6.07, 6.45) is 6.66. The molecule has 3 aliphatic rings. The lowest BCUT2D eigenvalue weighted by Crippen LogP contribution is -2.59. The van der Waals surface area contributed by atoms with Crippen LogP contribution in [0.1, 0.15) is 65.7 Å². The van der Waals surface area contributed by atoms with E-state index in [9.17, 15) is 14.4 Å². The maximum absolute atomic E-state index is 13.8. The molecule has 8 heteroatoms. The van der Waals surface area contributed by atoms with E-state index in [2.05, 4.69) is 15.5 Å². The molecular formula is C26H39N5O3. The molecule has 2 N–H and O–H groups in total. The van der Waals surface area contributed by atoms with Crippen LogP contribution in [0.4, 0.5) is 10.5 Å². The number of urea groups is 1. The van der Waals surface area contributed by atoms with E-state index < -0.39 is 5.54 Å². The Morgan fingerprint density at radius 3 is 2.29 bits per heavy atom. The van der Waals surface area contributed by atoms with Crippen molar-refractivity contribution in [2.45, 2.75) is 82.8 Å². The Morgan fingerprint density at radius 1 is 1.03 bits per heavy atom. The number of rotatable bonds is 4. The number of nitrogens with one attached hydrogen (secondary N) is 2. The molecule has 8 nitrogen and oxygen atoms in total. The Balaban J connectivity index is 1.47. The number of anilines is 1. The Labute approximate surface area is 203 Å². The molecule has 186 valence electrons. The first-order valence-corrected chi connectivity index (χ1v) is 12.7. The highest BCUT2D eigenvalue weighted by atomic mass is 16.2. The fourth-order valence-electron chi connectivity index (χ4n) is 5.50. The lowest BCUT2D eigenvalue weighted by molar-refractivity contribution is -0.137. The molecule has 0 bridgehead atoms. The molecule has 1 aliphatic carbocycles. The van der Waals surface area contributed by atoms with E-state index in [1.165, 1.54) is 6.42 Å². The van der Waals surface area contributed by atoms with Gasteiger partial charge in [0, 0.05) is 30.4 Å². The van der Waals surface area contributed by atoms with Gasteiger partial charge in [-0.25, -0.2) is 4.79 Å². The third-order valence-corrected chi connectivity index (χ3v) is 7.25. The smallest absolute Gasteiger partial charge is 0.317 e. The van der Waals surface area contributed by atoms with Gasteiger partial charge in [0.25, 0.3) is 5.91 Å². The quantitative estimate of drug-likeness (QED) is 0.710. The van der Waals surface area contributed by atoms with Crippen LogP contribution in [0.5, 0.6) is 0 Å². The standard InChI is InChI=1S/C26H39N5O3/c1-25(2,3)28-24(34)29-16-14-26(15-17-29)23(33)30(19-31(26)21-12-8-5-9-13-21)18-22(32)27-20-10-6-4-7-11-20/h5,8-9,12-13,20H,4,6-7,10-11,14-19H2,1-3H3,(H,27,32)(H,28,34). The van der Waals surface area contributed by atoms with Crippen molar-refractivity contribution in [3.05, 3.63) is 30.3 Å². The Bertz CT molecular complexity index is 883. The predicted molar refractivity (Wildman–Crippen MR) is 132 cm³/mol. The molecule has 1 spiro atoms. The summed E-state index contributed by atoms with van der Waals surface area (Å²) in [6, 6.07) is 10.1. The summed E-state index contributed by atoms with van der Waals surface area (Å²) in [5.41, 5.74) is -0.0718. The lowest BCUT2D eigenvalue weighted by atomic mass is 9.85. The number of likely N-dealkylation sites (tertiary alicyclic amines) is 1. The maximum atomic E-state index is 13.8. The zero-order chi connectivity index (χ0) is 24.3.